The summed E-state index contributed by atoms with van der Waals surface area (Å²) in [5.41, 5.74) is 4.01. The molecular weight excluding hydrogens is 345 g/mol. The van der Waals surface area contributed by atoms with Crippen molar-refractivity contribution in [2.45, 2.75) is 32.6 Å². The van der Waals surface area contributed by atoms with Crippen LogP contribution < -0.4 is 5.32 Å². The van der Waals surface area contributed by atoms with Crippen molar-refractivity contribution in [3.8, 4) is 0 Å². The van der Waals surface area contributed by atoms with Crippen molar-refractivity contribution < 1.29 is 9.18 Å². The van der Waals surface area contributed by atoms with Gasteiger partial charge in [-0.1, -0.05) is 41.4 Å². The number of amides is 1. The minimum atomic E-state index is -0.334. The average molecular weight is 366 g/mol. The Balaban J connectivity index is 1.85. The standard InChI is InChI=1S/C19H21ClFNOS/c1-12-4-5-13(2)17(8-12)14(3)22-19(23)11-24-10-15-6-7-16(20)9-18(15)21/h4-9,14H,10-11H2,1-3H3,(H,22,23)/t14-/m1/s1. The SMILES string of the molecule is Cc1ccc(C)c([C@@H](C)NC(=O)CSCc2ccc(Cl)cc2F)c1. The molecule has 1 amide bonds. The van der Waals surface area contributed by atoms with Crippen molar-refractivity contribution in [3.63, 3.8) is 0 Å². The van der Waals surface area contributed by atoms with Crippen molar-refractivity contribution in [2.75, 3.05) is 5.75 Å². The van der Waals surface area contributed by atoms with E-state index in [-0.39, 0.29) is 23.5 Å². The number of aryl methyl sites for hydroxylation is 2. The van der Waals surface area contributed by atoms with Gasteiger partial charge in [0.1, 0.15) is 5.82 Å². The van der Waals surface area contributed by atoms with E-state index in [1.54, 1.807) is 12.1 Å². The second-order valence-electron chi connectivity index (χ2n) is 5.88. The molecule has 0 aliphatic rings. The molecule has 0 aromatic heterocycles. The van der Waals surface area contributed by atoms with Gasteiger partial charge in [-0.25, -0.2) is 4.39 Å². The van der Waals surface area contributed by atoms with E-state index in [1.807, 2.05) is 20.8 Å². The molecule has 2 rings (SSSR count). The van der Waals surface area contributed by atoms with Crippen molar-refractivity contribution in [1.29, 1.82) is 0 Å². The number of hydrogen-bond acceptors (Lipinski definition) is 2. The van der Waals surface area contributed by atoms with Crippen LogP contribution in [0.3, 0.4) is 0 Å². The van der Waals surface area contributed by atoms with Crippen LogP contribution in [-0.2, 0) is 10.5 Å². The molecule has 0 fully saturated rings. The van der Waals surface area contributed by atoms with E-state index in [2.05, 4.69) is 23.5 Å². The van der Waals surface area contributed by atoms with Crippen molar-refractivity contribution in [2.24, 2.45) is 0 Å². The molecule has 0 aliphatic carbocycles. The number of carbonyl (C=O) groups excluding carboxylic acids is 1. The predicted octanol–water partition coefficient (Wildman–Crippen LogP) is 5.21. The summed E-state index contributed by atoms with van der Waals surface area (Å²) in [5.74, 6) is 0.341. The summed E-state index contributed by atoms with van der Waals surface area (Å²) in [7, 11) is 0. The second-order valence-corrected chi connectivity index (χ2v) is 7.30. The minimum absolute atomic E-state index is 0.0507. The third-order valence-electron chi connectivity index (χ3n) is 3.78. The number of benzene rings is 2. The van der Waals surface area contributed by atoms with Gasteiger partial charge in [-0.15, -0.1) is 11.8 Å². The van der Waals surface area contributed by atoms with Gasteiger partial charge in [-0.2, -0.15) is 0 Å². The Labute approximate surface area is 151 Å². The number of rotatable bonds is 6. The fourth-order valence-electron chi connectivity index (χ4n) is 2.48. The van der Waals surface area contributed by atoms with Gasteiger partial charge in [0.15, 0.2) is 0 Å². The predicted molar refractivity (Wildman–Crippen MR) is 100 cm³/mol. The van der Waals surface area contributed by atoms with Crippen LogP contribution in [-0.4, -0.2) is 11.7 Å². The summed E-state index contributed by atoms with van der Waals surface area (Å²) < 4.78 is 13.7. The number of nitrogens with one attached hydrogen (secondary N) is 1. The highest BCUT2D eigenvalue weighted by molar-refractivity contribution is 7.99. The smallest absolute Gasteiger partial charge is 0.230 e. The van der Waals surface area contributed by atoms with Crippen LogP contribution in [0.5, 0.6) is 0 Å². The molecule has 24 heavy (non-hydrogen) atoms. The number of halogens is 2. The van der Waals surface area contributed by atoms with Crippen LogP contribution in [0.1, 0.15) is 35.2 Å². The van der Waals surface area contributed by atoms with Crippen LogP contribution in [0.2, 0.25) is 5.02 Å². The molecule has 0 heterocycles. The molecule has 0 bridgehead atoms. The topological polar surface area (TPSA) is 29.1 Å². The molecule has 0 unspecified atom stereocenters. The van der Waals surface area contributed by atoms with Gasteiger partial charge < -0.3 is 5.32 Å². The van der Waals surface area contributed by atoms with Crippen molar-refractivity contribution >= 4 is 29.3 Å². The first-order valence-corrected chi connectivity index (χ1v) is 9.28. The molecule has 0 aliphatic heterocycles. The fraction of sp³-hybridized carbons (Fsp3) is 0.316. The molecule has 2 aromatic carbocycles. The van der Waals surface area contributed by atoms with Crippen LogP contribution in [0, 0.1) is 19.7 Å². The van der Waals surface area contributed by atoms with Crippen molar-refractivity contribution in [1.82, 2.24) is 5.32 Å². The second kappa shape index (κ2) is 8.54. The first-order chi connectivity index (χ1) is 11.4. The lowest BCUT2D eigenvalue weighted by molar-refractivity contribution is -0.119. The molecule has 2 nitrogen and oxygen atoms in total. The van der Waals surface area contributed by atoms with Gasteiger partial charge in [-0.3, -0.25) is 4.79 Å². The van der Waals surface area contributed by atoms with Gasteiger partial charge in [0, 0.05) is 10.8 Å². The van der Waals surface area contributed by atoms with E-state index >= 15 is 0 Å². The fourth-order valence-corrected chi connectivity index (χ4v) is 3.46. The number of thioether (sulfide) groups is 1. The molecule has 5 heteroatoms. The molecule has 0 saturated heterocycles. The highest BCUT2D eigenvalue weighted by atomic mass is 35.5. The summed E-state index contributed by atoms with van der Waals surface area (Å²) >= 11 is 7.11. The van der Waals surface area contributed by atoms with Gasteiger partial charge >= 0.3 is 0 Å². The van der Waals surface area contributed by atoms with E-state index in [0.29, 0.717) is 16.3 Å². The Kier molecular flexibility index (Phi) is 6.69. The molecule has 1 atom stereocenters. The van der Waals surface area contributed by atoms with E-state index in [9.17, 15) is 9.18 Å². The molecule has 0 saturated carbocycles. The lowest BCUT2D eigenvalue weighted by Crippen LogP contribution is -2.28. The Morgan fingerprint density at radius 1 is 1.25 bits per heavy atom. The van der Waals surface area contributed by atoms with E-state index in [0.717, 1.165) is 11.1 Å². The normalized spacial score (nSPS) is 12.0. The average Bonchev–Trinajstić information content (AvgIpc) is 2.51. The third kappa shape index (κ3) is 5.25. The maximum absolute atomic E-state index is 13.7. The lowest BCUT2D eigenvalue weighted by Gasteiger charge is -2.17. The summed E-state index contributed by atoms with van der Waals surface area (Å²) in [6.45, 7) is 6.05. The van der Waals surface area contributed by atoms with Gasteiger partial charge in [0.05, 0.1) is 11.8 Å². The number of carbonyl (C=O) groups is 1. The lowest BCUT2D eigenvalue weighted by atomic mass is 10.00. The molecular formula is C19H21ClFNOS. The molecule has 2 aromatic rings. The van der Waals surface area contributed by atoms with Crippen LogP contribution in [0.4, 0.5) is 4.39 Å². The monoisotopic (exact) mass is 365 g/mol. The maximum Gasteiger partial charge on any atom is 0.230 e. The van der Waals surface area contributed by atoms with Crippen molar-refractivity contribution in [3.05, 3.63) is 69.5 Å². The highest BCUT2D eigenvalue weighted by Gasteiger charge is 2.12. The van der Waals surface area contributed by atoms with E-state index in [1.165, 1.54) is 23.4 Å². The zero-order chi connectivity index (χ0) is 17.7. The Bertz CT molecular complexity index is 735. The maximum atomic E-state index is 13.7. The Morgan fingerprint density at radius 3 is 2.71 bits per heavy atom. The largest absolute Gasteiger partial charge is 0.349 e. The summed E-state index contributed by atoms with van der Waals surface area (Å²) in [6.07, 6.45) is 0. The zero-order valence-corrected chi connectivity index (χ0v) is 15.6. The summed E-state index contributed by atoms with van der Waals surface area (Å²) in [4.78, 5) is 12.1. The van der Waals surface area contributed by atoms with Gasteiger partial charge in [0.2, 0.25) is 5.91 Å². The minimum Gasteiger partial charge on any atom is -0.349 e. The Morgan fingerprint density at radius 2 is 2.00 bits per heavy atom. The van der Waals surface area contributed by atoms with Crippen LogP contribution in [0.15, 0.2) is 36.4 Å². The molecule has 128 valence electrons. The first kappa shape index (κ1) is 18.8. The first-order valence-electron chi connectivity index (χ1n) is 7.75. The van der Waals surface area contributed by atoms with Crippen LogP contribution in [0.25, 0.3) is 0 Å². The van der Waals surface area contributed by atoms with Gasteiger partial charge in [-0.05, 0) is 49.6 Å². The number of hydrogen-bond donors (Lipinski definition) is 1. The molecule has 0 radical (unpaired) electrons. The van der Waals surface area contributed by atoms with Crippen LogP contribution >= 0.6 is 23.4 Å². The quantitative estimate of drug-likeness (QED) is 0.761. The van der Waals surface area contributed by atoms with Gasteiger partial charge in [0.25, 0.3) is 0 Å². The third-order valence-corrected chi connectivity index (χ3v) is 5.00. The summed E-state index contributed by atoms with van der Waals surface area (Å²) in [6, 6.07) is 10.8. The molecule has 0 spiro atoms. The van der Waals surface area contributed by atoms with E-state index < -0.39 is 0 Å². The molecule has 1 N–H and O–H groups in total. The summed E-state index contributed by atoms with van der Waals surface area (Å²) in [5, 5.41) is 3.38. The Hall–Kier alpha value is -1.52. The highest BCUT2D eigenvalue weighted by Crippen LogP contribution is 2.21. The zero-order valence-electron chi connectivity index (χ0n) is 14.0. The van der Waals surface area contributed by atoms with E-state index in [4.69, 9.17) is 11.6 Å².